The number of nitrogen functional groups attached to an aromatic ring is 1. The smallest absolute Gasteiger partial charge is 0.143 e. The third-order valence-corrected chi connectivity index (χ3v) is 7.35. The summed E-state index contributed by atoms with van der Waals surface area (Å²) in [7, 11) is 2.04. The quantitative estimate of drug-likeness (QED) is 0.596. The maximum atomic E-state index is 6.35. The first-order valence-corrected chi connectivity index (χ1v) is 10.5. The van der Waals surface area contributed by atoms with Crippen LogP contribution < -0.4 is 16.0 Å². The molecule has 0 saturated carbocycles. The van der Waals surface area contributed by atoms with E-state index in [-0.39, 0.29) is 5.54 Å². The van der Waals surface area contributed by atoms with Crippen molar-refractivity contribution in [1.82, 2.24) is 25.5 Å². The van der Waals surface area contributed by atoms with Crippen LogP contribution in [0.25, 0.3) is 10.9 Å². The van der Waals surface area contributed by atoms with E-state index in [9.17, 15) is 0 Å². The molecule has 0 amide bonds. The van der Waals surface area contributed by atoms with Crippen LogP contribution in [-0.2, 0) is 0 Å². The second kappa shape index (κ2) is 7.42. The topological polar surface area (TPSA) is 95.7 Å². The van der Waals surface area contributed by atoms with Crippen molar-refractivity contribution >= 4 is 45.9 Å². The van der Waals surface area contributed by atoms with E-state index in [4.69, 9.17) is 22.3 Å². The highest BCUT2D eigenvalue weighted by molar-refractivity contribution is 7.99. The number of H-pyrrole nitrogens is 1. The van der Waals surface area contributed by atoms with Gasteiger partial charge in [0.1, 0.15) is 11.6 Å². The van der Waals surface area contributed by atoms with Gasteiger partial charge in [0.05, 0.1) is 32.7 Å². The van der Waals surface area contributed by atoms with Crippen molar-refractivity contribution in [2.45, 2.75) is 42.0 Å². The van der Waals surface area contributed by atoms with Gasteiger partial charge in [-0.15, -0.1) is 0 Å². The van der Waals surface area contributed by atoms with Crippen LogP contribution in [0.1, 0.15) is 25.5 Å². The molecule has 0 unspecified atom stereocenters. The predicted molar refractivity (Wildman–Crippen MR) is 115 cm³/mol. The third-order valence-electron chi connectivity index (χ3n) is 5.57. The Kier molecular flexibility index (Phi) is 5.11. The first kappa shape index (κ1) is 19.3. The highest BCUT2D eigenvalue weighted by Crippen LogP contribution is 2.41. The van der Waals surface area contributed by atoms with Gasteiger partial charge in [0.25, 0.3) is 0 Å². The van der Waals surface area contributed by atoms with E-state index in [1.54, 1.807) is 6.20 Å². The summed E-state index contributed by atoms with van der Waals surface area (Å²) in [5, 5.41) is 12.4. The van der Waals surface area contributed by atoms with Crippen LogP contribution in [0, 0.1) is 6.92 Å². The summed E-state index contributed by atoms with van der Waals surface area (Å²) < 4.78 is 0. The number of hydrogen-bond donors (Lipinski definition) is 3. The number of aromatic nitrogens is 4. The molecule has 4 N–H and O–H groups in total. The molecule has 0 radical (unpaired) electrons. The Labute approximate surface area is 173 Å². The number of halogens is 1. The Morgan fingerprint density at radius 2 is 2.11 bits per heavy atom. The van der Waals surface area contributed by atoms with Crippen molar-refractivity contribution in [2.24, 2.45) is 0 Å². The summed E-state index contributed by atoms with van der Waals surface area (Å²) in [6, 6.07) is 1.86. The minimum Gasteiger partial charge on any atom is -0.382 e. The number of nitrogens with two attached hydrogens (primary N) is 1. The fourth-order valence-electron chi connectivity index (χ4n) is 3.54. The molecule has 1 saturated heterocycles. The van der Waals surface area contributed by atoms with E-state index in [0.29, 0.717) is 10.8 Å². The second-order valence-corrected chi connectivity index (χ2v) is 8.85. The number of nitrogens with zero attached hydrogens (tertiary/aromatic N) is 4. The van der Waals surface area contributed by atoms with Crippen molar-refractivity contribution in [2.75, 3.05) is 30.8 Å². The average molecular weight is 418 g/mol. The van der Waals surface area contributed by atoms with E-state index in [1.165, 1.54) is 11.8 Å². The summed E-state index contributed by atoms with van der Waals surface area (Å²) in [4.78, 5) is 13.2. The molecule has 1 aliphatic heterocycles. The molecule has 3 aromatic heterocycles. The number of piperidine rings is 1. The molecule has 4 heterocycles. The number of aryl methyl sites for hydroxylation is 1. The highest BCUT2D eigenvalue weighted by atomic mass is 35.5. The normalized spacial score (nSPS) is 16.6. The lowest BCUT2D eigenvalue weighted by molar-refractivity contribution is 0.304. The maximum Gasteiger partial charge on any atom is 0.143 e. The van der Waals surface area contributed by atoms with Gasteiger partial charge in [0, 0.05) is 29.7 Å². The summed E-state index contributed by atoms with van der Waals surface area (Å²) in [6.45, 7) is 6.22. The third kappa shape index (κ3) is 3.40. The van der Waals surface area contributed by atoms with Gasteiger partial charge in [0.2, 0.25) is 0 Å². The van der Waals surface area contributed by atoms with Crippen molar-refractivity contribution < 1.29 is 0 Å². The van der Waals surface area contributed by atoms with Crippen LogP contribution in [-0.4, -0.2) is 45.8 Å². The molecule has 0 aromatic carbocycles. The van der Waals surface area contributed by atoms with E-state index < -0.39 is 0 Å². The molecule has 1 fully saturated rings. The van der Waals surface area contributed by atoms with Crippen molar-refractivity contribution in [3.8, 4) is 0 Å². The van der Waals surface area contributed by atoms with E-state index in [2.05, 4.69) is 32.3 Å². The zero-order valence-electron chi connectivity index (χ0n) is 16.2. The molecule has 9 heteroatoms. The Morgan fingerprint density at radius 3 is 2.82 bits per heavy atom. The van der Waals surface area contributed by atoms with Crippen molar-refractivity contribution in [3.63, 3.8) is 0 Å². The fraction of sp³-hybridized carbons (Fsp3) is 0.421. The number of pyridine rings is 2. The SMILES string of the molecule is CNC1(C)CCN(c2nc(C)c(Sc3ccnc(N)c3Cl)c3[nH]ncc23)CC1. The zero-order valence-corrected chi connectivity index (χ0v) is 17.8. The second-order valence-electron chi connectivity index (χ2n) is 7.42. The lowest BCUT2D eigenvalue weighted by Crippen LogP contribution is -2.50. The van der Waals surface area contributed by atoms with Crippen molar-refractivity contribution in [1.29, 1.82) is 0 Å². The largest absolute Gasteiger partial charge is 0.382 e. The summed E-state index contributed by atoms with van der Waals surface area (Å²) in [5.41, 5.74) is 7.95. The van der Waals surface area contributed by atoms with E-state index >= 15 is 0 Å². The highest BCUT2D eigenvalue weighted by Gasteiger charge is 2.30. The first-order valence-electron chi connectivity index (χ1n) is 9.27. The van der Waals surface area contributed by atoms with E-state index in [1.807, 2.05) is 26.2 Å². The molecule has 7 nitrogen and oxygen atoms in total. The standard InChI is InChI=1S/C19H24ClN7S/c1-11-16(28-13-4-7-23-17(21)14(13)20)15-12(10-24-26-15)18(25-11)27-8-5-19(2,22-3)6-9-27/h4,7,10,22H,5-6,8-9H2,1-3H3,(H2,21,23)(H,24,26). The van der Waals surface area contributed by atoms with Crippen LogP contribution in [0.5, 0.6) is 0 Å². The zero-order chi connectivity index (χ0) is 19.9. The lowest BCUT2D eigenvalue weighted by atomic mass is 9.90. The van der Waals surface area contributed by atoms with Crippen LogP contribution in [0.2, 0.25) is 5.02 Å². The molecule has 0 spiro atoms. The van der Waals surface area contributed by atoms with Gasteiger partial charge in [0.15, 0.2) is 0 Å². The summed E-state index contributed by atoms with van der Waals surface area (Å²) in [5.74, 6) is 1.32. The van der Waals surface area contributed by atoms with Gasteiger partial charge < -0.3 is 16.0 Å². The molecular formula is C19H24ClN7S. The Balaban J connectivity index is 1.70. The molecule has 0 aliphatic carbocycles. The summed E-state index contributed by atoms with van der Waals surface area (Å²) in [6.07, 6.45) is 5.67. The Bertz CT molecular complexity index is 1010. The van der Waals surface area contributed by atoms with Gasteiger partial charge in [-0.2, -0.15) is 5.10 Å². The van der Waals surface area contributed by atoms with Gasteiger partial charge in [-0.1, -0.05) is 23.4 Å². The number of nitrogens with one attached hydrogen (secondary N) is 2. The maximum absolute atomic E-state index is 6.35. The molecule has 148 valence electrons. The van der Waals surface area contributed by atoms with Gasteiger partial charge in [-0.25, -0.2) is 9.97 Å². The summed E-state index contributed by atoms with van der Waals surface area (Å²) >= 11 is 7.88. The minimum atomic E-state index is 0.189. The predicted octanol–water partition coefficient (Wildman–Crippen LogP) is 3.63. The number of rotatable bonds is 4. The molecule has 28 heavy (non-hydrogen) atoms. The fourth-order valence-corrected chi connectivity index (χ4v) is 4.76. The number of hydrogen-bond acceptors (Lipinski definition) is 7. The minimum absolute atomic E-state index is 0.189. The van der Waals surface area contributed by atoms with Gasteiger partial charge in [-0.05, 0) is 39.8 Å². The van der Waals surface area contributed by atoms with Crippen LogP contribution in [0.3, 0.4) is 0 Å². The van der Waals surface area contributed by atoms with Crippen LogP contribution in [0.4, 0.5) is 11.6 Å². The average Bonchev–Trinajstić information content (AvgIpc) is 3.17. The number of anilines is 2. The first-order chi connectivity index (χ1) is 13.4. The number of aromatic amines is 1. The Morgan fingerprint density at radius 1 is 1.36 bits per heavy atom. The molecule has 4 rings (SSSR count). The van der Waals surface area contributed by atoms with Crippen molar-refractivity contribution in [3.05, 3.63) is 29.2 Å². The Hall–Kier alpha value is -2.03. The molecular weight excluding hydrogens is 394 g/mol. The van der Waals surface area contributed by atoms with Gasteiger partial charge >= 0.3 is 0 Å². The number of fused-ring (bicyclic) bond motifs is 1. The van der Waals surface area contributed by atoms with Crippen LogP contribution in [0.15, 0.2) is 28.3 Å². The lowest BCUT2D eigenvalue weighted by Gasteiger charge is -2.40. The monoisotopic (exact) mass is 417 g/mol. The molecule has 0 bridgehead atoms. The molecule has 0 atom stereocenters. The van der Waals surface area contributed by atoms with Crippen LogP contribution >= 0.6 is 23.4 Å². The molecule has 1 aliphatic rings. The van der Waals surface area contributed by atoms with Gasteiger partial charge in [-0.3, -0.25) is 5.10 Å². The van der Waals surface area contributed by atoms with E-state index in [0.717, 1.165) is 58.1 Å². The molecule has 3 aromatic rings.